The van der Waals surface area contributed by atoms with Gasteiger partial charge >= 0.3 is 5.97 Å². The number of carbonyl (C=O) groups excluding carboxylic acids is 1. The van der Waals surface area contributed by atoms with E-state index in [4.69, 9.17) is 4.74 Å². The highest BCUT2D eigenvalue weighted by atomic mass is 16.5. The van der Waals surface area contributed by atoms with E-state index in [2.05, 4.69) is 73.9 Å². The van der Waals surface area contributed by atoms with Crippen LogP contribution in [0.25, 0.3) is 0 Å². The Hall–Kier alpha value is -2.49. The van der Waals surface area contributed by atoms with Crippen LogP contribution in [0, 0.1) is 0 Å². The molecule has 4 heteroatoms. The lowest BCUT2D eigenvalue weighted by atomic mass is 9.98. The number of benzene rings is 2. The van der Waals surface area contributed by atoms with Crippen LogP contribution in [0.4, 0.5) is 11.4 Å². The molecule has 1 aliphatic heterocycles. The lowest BCUT2D eigenvalue weighted by molar-refractivity contribution is 0.0456. The van der Waals surface area contributed by atoms with Crippen LogP contribution in [0.1, 0.15) is 93.8 Å². The van der Waals surface area contributed by atoms with Crippen molar-refractivity contribution in [1.82, 2.24) is 0 Å². The molecule has 4 nitrogen and oxygen atoms in total. The summed E-state index contributed by atoms with van der Waals surface area (Å²) in [5, 5.41) is 0. The van der Waals surface area contributed by atoms with Crippen LogP contribution >= 0.6 is 0 Å². The van der Waals surface area contributed by atoms with Gasteiger partial charge in [0.25, 0.3) is 0 Å². The fourth-order valence-corrected chi connectivity index (χ4v) is 4.47. The zero-order valence-corrected chi connectivity index (χ0v) is 20.4. The van der Waals surface area contributed by atoms with Crippen molar-refractivity contribution in [2.75, 3.05) is 36.0 Å². The fourth-order valence-electron chi connectivity index (χ4n) is 4.47. The van der Waals surface area contributed by atoms with Crippen molar-refractivity contribution < 1.29 is 9.53 Å². The molecule has 1 unspecified atom stereocenters. The van der Waals surface area contributed by atoms with Crippen LogP contribution in [0.2, 0.25) is 0 Å². The molecule has 32 heavy (non-hydrogen) atoms. The van der Waals surface area contributed by atoms with Gasteiger partial charge in [-0.3, -0.25) is 0 Å². The molecule has 0 fully saturated rings. The monoisotopic (exact) mass is 436 g/mol. The number of ether oxygens (including phenoxy) is 1. The van der Waals surface area contributed by atoms with E-state index in [-0.39, 0.29) is 12.1 Å². The molecule has 1 aliphatic rings. The minimum atomic E-state index is -0.314. The van der Waals surface area contributed by atoms with Crippen LogP contribution in [0.3, 0.4) is 0 Å². The molecule has 2 aromatic carbocycles. The fraction of sp³-hybridized carbons (Fsp3) is 0.536. The highest BCUT2D eigenvalue weighted by molar-refractivity contribution is 5.95. The summed E-state index contributed by atoms with van der Waals surface area (Å²) in [4.78, 5) is 17.5. The molecule has 0 spiro atoms. The van der Waals surface area contributed by atoms with Crippen LogP contribution in [-0.2, 0) is 4.74 Å². The molecule has 0 amide bonds. The normalized spacial score (nSPS) is 14.9. The van der Waals surface area contributed by atoms with Gasteiger partial charge in [-0.1, -0.05) is 58.7 Å². The third-order valence-corrected chi connectivity index (χ3v) is 6.24. The molecule has 0 saturated heterocycles. The molecule has 0 N–H and O–H groups in total. The van der Waals surface area contributed by atoms with Gasteiger partial charge < -0.3 is 14.5 Å². The maximum absolute atomic E-state index is 12.7. The number of carbonyl (C=O) groups is 1. The van der Waals surface area contributed by atoms with E-state index in [0.29, 0.717) is 5.56 Å². The second-order valence-electron chi connectivity index (χ2n) is 8.83. The van der Waals surface area contributed by atoms with Crippen LogP contribution in [0.15, 0.2) is 42.5 Å². The number of cyclic esters (lactones) is 1. The molecule has 2 aromatic rings. The van der Waals surface area contributed by atoms with Crippen molar-refractivity contribution in [1.29, 1.82) is 0 Å². The molecule has 0 radical (unpaired) electrons. The average molecular weight is 437 g/mol. The van der Waals surface area contributed by atoms with E-state index < -0.39 is 0 Å². The zero-order valence-electron chi connectivity index (χ0n) is 20.4. The topological polar surface area (TPSA) is 32.8 Å². The van der Waals surface area contributed by atoms with Crippen LogP contribution in [0.5, 0.6) is 0 Å². The first kappa shape index (κ1) is 24.2. The highest BCUT2D eigenvalue weighted by Gasteiger charge is 2.32. The molecule has 0 aromatic heterocycles. The Morgan fingerprint density at radius 3 is 1.84 bits per heavy atom. The van der Waals surface area contributed by atoms with E-state index in [0.717, 1.165) is 55.8 Å². The summed E-state index contributed by atoms with van der Waals surface area (Å²) in [6.07, 6.45) is 6.67. The van der Waals surface area contributed by atoms with E-state index in [1.165, 1.54) is 31.4 Å². The summed E-state index contributed by atoms with van der Waals surface area (Å²) in [6, 6.07) is 14.9. The number of fused-ring (bicyclic) bond motifs is 1. The first-order valence-electron chi connectivity index (χ1n) is 12.6. The van der Waals surface area contributed by atoms with Crippen molar-refractivity contribution in [2.45, 2.75) is 72.3 Å². The minimum Gasteiger partial charge on any atom is -0.449 e. The van der Waals surface area contributed by atoms with Gasteiger partial charge in [0.1, 0.15) is 0 Å². The maximum Gasteiger partial charge on any atom is 0.339 e. The molecule has 0 bridgehead atoms. The summed E-state index contributed by atoms with van der Waals surface area (Å²) >= 11 is 0. The SMILES string of the molecule is CCCCN(CCCC)c1ccc(C2OC(=O)c3cc(N(CCC)CCC)ccc32)cc1. The van der Waals surface area contributed by atoms with Crippen molar-refractivity contribution >= 4 is 17.3 Å². The average Bonchev–Trinajstić information content (AvgIpc) is 3.15. The standard InChI is InChI=1S/C28H40N2O2/c1-5-9-19-30(20-10-6-2)23-13-11-22(12-14-23)27-25-16-15-24(21-26(25)28(31)32-27)29(17-7-3)18-8-4/h11-16,21,27H,5-10,17-20H2,1-4H3. The van der Waals surface area contributed by atoms with Gasteiger partial charge in [0.15, 0.2) is 6.10 Å². The van der Waals surface area contributed by atoms with Crippen LogP contribution < -0.4 is 9.80 Å². The molecular formula is C28H40N2O2. The Morgan fingerprint density at radius 2 is 1.28 bits per heavy atom. The third kappa shape index (κ3) is 5.65. The Kier molecular flexibility index (Phi) is 9.01. The molecule has 1 atom stereocenters. The van der Waals surface area contributed by atoms with Gasteiger partial charge in [-0.15, -0.1) is 0 Å². The molecular weight excluding hydrogens is 396 g/mol. The molecule has 174 valence electrons. The van der Waals surface area contributed by atoms with Crippen molar-refractivity contribution in [3.05, 3.63) is 59.2 Å². The van der Waals surface area contributed by atoms with Crippen LogP contribution in [-0.4, -0.2) is 32.1 Å². The smallest absolute Gasteiger partial charge is 0.339 e. The maximum atomic E-state index is 12.7. The highest BCUT2D eigenvalue weighted by Crippen LogP contribution is 2.38. The Bertz CT molecular complexity index is 848. The number of esters is 1. The first-order chi connectivity index (χ1) is 15.6. The van der Waals surface area contributed by atoms with Crippen molar-refractivity contribution in [3.8, 4) is 0 Å². The minimum absolute atomic E-state index is 0.212. The predicted molar refractivity (Wildman–Crippen MR) is 135 cm³/mol. The van der Waals surface area contributed by atoms with E-state index in [1.54, 1.807) is 0 Å². The second kappa shape index (κ2) is 11.9. The van der Waals surface area contributed by atoms with E-state index in [9.17, 15) is 4.79 Å². The number of rotatable bonds is 13. The number of anilines is 2. The summed E-state index contributed by atoms with van der Waals surface area (Å²) < 4.78 is 5.83. The van der Waals surface area contributed by atoms with Gasteiger partial charge in [0.05, 0.1) is 5.56 Å². The first-order valence-corrected chi connectivity index (χ1v) is 12.6. The molecule has 1 heterocycles. The van der Waals surface area contributed by atoms with Crippen molar-refractivity contribution in [3.63, 3.8) is 0 Å². The van der Waals surface area contributed by atoms with Gasteiger partial charge in [-0.05, 0) is 55.5 Å². The number of hydrogen-bond donors (Lipinski definition) is 0. The zero-order chi connectivity index (χ0) is 22.9. The second-order valence-corrected chi connectivity index (χ2v) is 8.83. The molecule has 0 aliphatic carbocycles. The predicted octanol–water partition coefficient (Wildman–Crippen LogP) is 6.98. The lowest BCUT2D eigenvalue weighted by Gasteiger charge is -2.25. The largest absolute Gasteiger partial charge is 0.449 e. The van der Waals surface area contributed by atoms with E-state index >= 15 is 0 Å². The Morgan fingerprint density at radius 1 is 0.719 bits per heavy atom. The Balaban J connectivity index is 1.81. The number of nitrogens with zero attached hydrogens (tertiary/aromatic N) is 2. The summed E-state index contributed by atoms with van der Waals surface area (Å²) in [5.74, 6) is -0.212. The van der Waals surface area contributed by atoms with Gasteiger partial charge in [-0.2, -0.15) is 0 Å². The number of unbranched alkanes of at least 4 members (excludes halogenated alkanes) is 2. The molecule has 3 rings (SSSR count). The van der Waals surface area contributed by atoms with Crippen molar-refractivity contribution in [2.24, 2.45) is 0 Å². The van der Waals surface area contributed by atoms with Gasteiger partial charge in [0, 0.05) is 43.1 Å². The van der Waals surface area contributed by atoms with E-state index in [1.807, 2.05) is 6.07 Å². The number of hydrogen-bond acceptors (Lipinski definition) is 4. The summed E-state index contributed by atoms with van der Waals surface area (Å²) in [7, 11) is 0. The third-order valence-electron chi connectivity index (χ3n) is 6.24. The summed E-state index contributed by atoms with van der Waals surface area (Å²) in [6.45, 7) is 13.0. The van der Waals surface area contributed by atoms with Gasteiger partial charge in [0.2, 0.25) is 0 Å². The molecule has 0 saturated carbocycles. The van der Waals surface area contributed by atoms with Gasteiger partial charge in [-0.25, -0.2) is 4.79 Å². The summed E-state index contributed by atoms with van der Waals surface area (Å²) in [5.41, 5.74) is 5.10. The lowest BCUT2D eigenvalue weighted by Crippen LogP contribution is -2.25. The Labute approximate surface area is 194 Å². The quantitative estimate of drug-likeness (QED) is 0.317.